The average Bonchev–Trinajstić information content (AvgIpc) is 3.33. The van der Waals surface area contributed by atoms with Gasteiger partial charge in [0.25, 0.3) is 11.5 Å². The van der Waals surface area contributed by atoms with Crippen LogP contribution in [0, 0.1) is 0 Å². The summed E-state index contributed by atoms with van der Waals surface area (Å²) in [5.74, 6) is -0.490. The Kier molecular flexibility index (Phi) is 6.53. The molecule has 3 N–H and O–H groups in total. The molecule has 2 heterocycles. The molecule has 4 rings (SSSR count). The number of hydrogen-bond donors (Lipinski definition) is 3. The smallest absolute Gasteiger partial charge is 0.263 e. The SMILES string of the molecule is Cn1c(CO)c(Cc2ccc(-n3cccn3)cc2)cc(C(=O)N[C@H]2CCCC[C@@H]2O)c1=O. The summed E-state index contributed by atoms with van der Waals surface area (Å²) in [7, 11) is 1.56. The molecule has 3 aromatic rings. The molecule has 1 amide bonds. The van der Waals surface area contributed by atoms with Crippen LogP contribution in [0.25, 0.3) is 5.69 Å². The van der Waals surface area contributed by atoms with E-state index in [1.54, 1.807) is 24.0 Å². The molecule has 2 aromatic heterocycles. The highest BCUT2D eigenvalue weighted by molar-refractivity contribution is 5.94. The van der Waals surface area contributed by atoms with Crippen LogP contribution < -0.4 is 10.9 Å². The number of aliphatic hydroxyl groups is 2. The Morgan fingerprint density at radius 3 is 2.62 bits per heavy atom. The van der Waals surface area contributed by atoms with Crippen molar-refractivity contribution in [2.45, 2.75) is 50.9 Å². The van der Waals surface area contributed by atoms with Crippen molar-refractivity contribution in [3.63, 3.8) is 0 Å². The molecule has 0 unspecified atom stereocenters. The summed E-state index contributed by atoms with van der Waals surface area (Å²) in [6.07, 6.45) is 6.64. The van der Waals surface area contributed by atoms with E-state index in [4.69, 9.17) is 0 Å². The highest BCUT2D eigenvalue weighted by atomic mass is 16.3. The van der Waals surface area contributed by atoms with Gasteiger partial charge < -0.3 is 20.1 Å². The maximum atomic E-state index is 12.9. The lowest BCUT2D eigenvalue weighted by Gasteiger charge is -2.28. The van der Waals surface area contributed by atoms with Crippen molar-refractivity contribution in [3.8, 4) is 5.69 Å². The molecule has 0 aliphatic heterocycles. The van der Waals surface area contributed by atoms with Gasteiger partial charge in [0.1, 0.15) is 5.56 Å². The molecule has 1 saturated carbocycles. The Labute approximate surface area is 186 Å². The number of nitrogens with one attached hydrogen (secondary N) is 1. The number of carbonyl (C=O) groups excluding carboxylic acids is 1. The van der Waals surface area contributed by atoms with Gasteiger partial charge in [-0.1, -0.05) is 25.0 Å². The second-order valence-corrected chi connectivity index (χ2v) is 8.28. The van der Waals surface area contributed by atoms with Crippen molar-refractivity contribution >= 4 is 5.91 Å². The lowest BCUT2D eigenvalue weighted by molar-refractivity contribution is 0.0715. The third-order valence-corrected chi connectivity index (χ3v) is 6.17. The van der Waals surface area contributed by atoms with Crippen LogP contribution in [0.5, 0.6) is 0 Å². The number of aliphatic hydroxyl groups excluding tert-OH is 2. The minimum Gasteiger partial charge on any atom is -0.391 e. The summed E-state index contributed by atoms with van der Waals surface area (Å²) in [6.45, 7) is -0.310. The van der Waals surface area contributed by atoms with E-state index < -0.39 is 17.6 Å². The fraction of sp³-hybridized carbons (Fsp3) is 0.375. The monoisotopic (exact) mass is 436 g/mol. The van der Waals surface area contributed by atoms with Crippen LogP contribution in [-0.4, -0.2) is 42.6 Å². The lowest BCUT2D eigenvalue weighted by atomic mass is 9.92. The van der Waals surface area contributed by atoms with Crippen LogP contribution in [-0.2, 0) is 20.1 Å². The zero-order chi connectivity index (χ0) is 22.7. The van der Waals surface area contributed by atoms with E-state index in [9.17, 15) is 19.8 Å². The highest BCUT2D eigenvalue weighted by Gasteiger charge is 2.26. The molecule has 0 saturated heterocycles. The molecule has 1 fully saturated rings. The van der Waals surface area contributed by atoms with Gasteiger partial charge in [0.05, 0.1) is 24.4 Å². The Morgan fingerprint density at radius 1 is 1.22 bits per heavy atom. The number of carbonyl (C=O) groups is 1. The highest BCUT2D eigenvalue weighted by Crippen LogP contribution is 2.20. The molecule has 0 spiro atoms. The molecule has 8 nitrogen and oxygen atoms in total. The van der Waals surface area contributed by atoms with Gasteiger partial charge >= 0.3 is 0 Å². The molecule has 168 valence electrons. The van der Waals surface area contributed by atoms with Gasteiger partial charge in [0.2, 0.25) is 0 Å². The topological polar surface area (TPSA) is 109 Å². The molecule has 1 aliphatic rings. The summed E-state index contributed by atoms with van der Waals surface area (Å²) in [4.78, 5) is 25.7. The van der Waals surface area contributed by atoms with Crippen LogP contribution in [0.3, 0.4) is 0 Å². The van der Waals surface area contributed by atoms with Crippen molar-refractivity contribution in [2.75, 3.05) is 0 Å². The van der Waals surface area contributed by atoms with Gasteiger partial charge in [0.15, 0.2) is 0 Å². The maximum absolute atomic E-state index is 12.9. The fourth-order valence-corrected chi connectivity index (χ4v) is 4.30. The number of hydrogen-bond acceptors (Lipinski definition) is 5. The first-order chi connectivity index (χ1) is 15.5. The van der Waals surface area contributed by atoms with E-state index >= 15 is 0 Å². The van der Waals surface area contributed by atoms with Gasteiger partial charge in [0, 0.05) is 25.1 Å². The molecule has 2 atom stereocenters. The van der Waals surface area contributed by atoms with Crippen molar-refractivity contribution in [1.82, 2.24) is 19.7 Å². The van der Waals surface area contributed by atoms with E-state index in [2.05, 4.69) is 10.4 Å². The van der Waals surface area contributed by atoms with Crippen LogP contribution in [0.1, 0.15) is 52.9 Å². The number of benzene rings is 1. The zero-order valence-electron chi connectivity index (χ0n) is 18.1. The molecule has 0 bridgehead atoms. The molecular weight excluding hydrogens is 408 g/mol. The number of pyridine rings is 1. The predicted molar refractivity (Wildman–Crippen MR) is 120 cm³/mol. The normalized spacial score (nSPS) is 18.5. The van der Waals surface area contributed by atoms with E-state index in [1.165, 1.54) is 4.57 Å². The van der Waals surface area contributed by atoms with Gasteiger partial charge in [-0.05, 0) is 54.7 Å². The van der Waals surface area contributed by atoms with E-state index in [0.29, 0.717) is 30.5 Å². The summed E-state index contributed by atoms with van der Waals surface area (Å²) < 4.78 is 3.09. The molecule has 32 heavy (non-hydrogen) atoms. The van der Waals surface area contributed by atoms with Crippen LogP contribution in [0.4, 0.5) is 0 Å². The lowest BCUT2D eigenvalue weighted by Crippen LogP contribution is -2.46. The third-order valence-electron chi connectivity index (χ3n) is 6.17. The van der Waals surface area contributed by atoms with Crippen molar-refractivity contribution in [1.29, 1.82) is 0 Å². The number of amides is 1. The molecule has 0 radical (unpaired) electrons. The Hall–Kier alpha value is -3.23. The van der Waals surface area contributed by atoms with Crippen LogP contribution >= 0.6 is 0 Å². The molecule has 1 aromatic carbocycles. The van der Waals surface area contributed by atoms with E-state index in [-0.39, 0.29) is 18.2 Å². The third kappa shape index (κ3) is 4.51. The molecule has 8 heteroatoms. The number of rotatable bonds is 6. The summed E-state index contributed by atoms with van der Waals surface area (Å²) >= 11 is 0. The molecular formula is C24H28N4O4. The number of nitrogens with zero attached hydrogens (tertiary/aromatic N) is 3. The van der Waals surface area contributed by atoms with Gasteiger partial charge in [-0.25, -0.2) is 4.68 Å². The minimum absolute atomic E-state index is 0.0191. The van der Waals surface area contributed by atoms with Gasteiger partial charge in [-0.15, -0.1) is 0 Å². The van der Waals surface area contributed by atoms with Crippen molar-refractivity contribution < 1.29 is 15.0 Å². The Morgan fingerprint density at radius 2 is 1.97 bits per heavy atom. The quantitative estimate of drug-likeness (QED) is 0.545. The summed E-state index contributed by atoms with van der Waals surface area (Å²) in [6, 6.07) is 10.9. The van der Waals surface area contributed by atoms with Crippen LogP contribution in [0.2, 0.25) is 0 Å². The first-order valence-electron chi connectivity index (χ1n) is 10.9. The maximum Gasteiger partial charge on any atom is 0.263 e. The van der Waals surface area contributed by atoms with Crippen LogP contribution in [0.15, 0.2) is 53.6 Å². The zero-order valence-corrected chi connectivity index (χ0v) is 18.1. The van der Waals surface area contributed by atoms with Gasteiger partial charge in [-0.2, -0.15) is 5.10 Å². The number of aromatic nitrogens is 3. The largest absolute Gasteiger partial charge is 0.391 e. The second-order valence-electron chi connectivity index (χ2n) is 8.28. The van der Waals surface area contributed by atoms with Crippen molar-refractivity contribution in [3.05, 3.63) is 81.5 Å². The van der Waals surface area contributed by atoms with E-state index in [0.717, 1.165) is 24.1 Å². The predicted octanol–water partition coefficient (Wildman–Crippen LogP) is 1.69. The average molecular weight is 437 g/mol. The Balaban J connectivity index is 1.61. The fourth-order valence-electron chi connectivity index (χ4n) is 4.30. The first kappa shape index (κ1) is 22.0. The summed E-state index contributed by atoms with van der Waals surface area (Å²) in [5, 5.41) is 27.1. The second kappa shape index (κ2) is 9.50. The first-order valence-corrected chi connectivity index (χ1v) is 10.9. The van der Waals surface area contributed by atoms with E-state index in [1.807, 2.05) is 36.5 Å². The van der Waals surface area contributed by atoms with Crippen molar-refractivity contribution in [2.24, 2.45) is 7.05 Å². The minimum atomic E-state index is -0.596. The van der Waals surface area contributed by atoms with Gasteiger partial charge in [-0.3, -0.25) is 9.59 Å². The Bertz CT molecular complexity index is 1140. The molecule has 1 aliphatic carbocycles. The standard InChI is InChI=1S/C24H28N4O4/c1-27-21(15-29)17(13-16-7-9-18(10-8-16)28-12-4-11-25-28)14-19(24(27)32)23(31)26-20-5-2-3-6-22(20)30/h4,7-12,14,20,22,29-30H,2-3,5-6,13,15H2,1H3,(H,26,31)/t20-,22-/m0/s1. The summed E-state index contributed by atoms with van der Waals surface area (Å²) in [5.41, 5.74) is 2.63.